The Balaban J connectivity index is 2.59. The van der Waals surface area contributed by atoms with Gasteiger partial charge in [0.25, 0.3) is 0 Å². The monoisotopic (exact) mass is 298 g/mol. The number of rotatable bonds is 5. The zero-order chi connectivity index (χ0) is 15.1. The van der Waals surface area contributed by atoms with Gasteiger partial charge in [-0.15, -0.1) is 6.58 Å². The van der Waals surface area contributed by atoms with Crippen molar-refractivity contribution in [2.75, 3.05) is 12.3 Å². The Kier molecular flexibility index (Phi) is 3.88. The maximum absolute atomic E-state index is 13.6. The van der Waals surface area contributed by atoms with E-state index in [1.165, 1.54) is 17.3 Å². The van der Waals surface area contributed by atoms with Crippen molar-refractivity contribution in [1.29, 1.82) is 0 Å². The molecule has 0 unspecified atom stereocenters. The molecule has 0 bridgehead atoms. The highest BCUT2D eigenvalue weighted by molar-refractivity contribution is 7.89. The van der Waals surface area contributed by atoms with Crippen LogP contribution in [0.5, 0.6) is 0 Å². The number of halogens is 1. The van der Waals surface area contributed by atoms with E-state index in [9.17, 15) is 12.8 Å². The van der Waals surface area contributed by atoms with Crippen molar-refractivity contribution in [2.45, 2.75) is 37.6 Å². The summed E-state index contributed by atoms with van der Waals surface area (Å²) in [5.74, 6) is -0.583. The first-order chi connectivity index (χ1) is 9.30. The molecule has 1 aromatic rings. The minimum atomic E-state index is -3.69. The molecule has 1 aromatic carbocycles. The standard InChI is InChI=1S/C14H19FN2O2S/c1-4-7-17(11-5-6-11)20(18,19)14-9(2)8-12(15)13(16)10(14)3/h4,8,11H,1,5-7,16H2,2-3H3. The van der Waals surface area contributed by atoms with Crippen LogP contribution in [-0.4, -0.2) is 25.3 Å². The molecule has 0 radical (unpaired) electrons. The van der Waals surface area contributed by atoms with Crippen LogP contribution in [0.15, 0.2) is 23.6 Å². The van der Waals surface area contributed by atoms with Gasteiger partial charge in [0.15, 0.2) is 0 Å². The zero-order valence-corrected chi connectivity index (χ0v) is 12.5. The fourth-order valence-corrected chi connectivity index (χ4v) is 4.48. The third-order valence-electron chi connectivity index (χ3n) is 3.53. The maximum Gasteiger partial charge on any atom is 0.244 e. The van der Waals surface area contributed by atoms with Gasteiger partial charge in [-0.2, -0.15) is 4.31 Å². The molecule has 2 rings (SSSR count). The van der Waals surface area contributed by atoms with E-state index >= 15 is 0 Å². The van der Waals surface area contributed by atoms with Gasteiger partial charge < -0.3 is 5.73 Å². The molecule has 1 fully saturated rings. The number of nitrogens with zero attached hydrogens (tertiary/aromatic N) is 1. The molecule has 0 aliphatic heterocycles. The topological polar surface area (TPSA) is 63.4 Å². The van der Waals surface area contributed by atoms with E-state index in [0.717, 1.165) is 12.8 Å². The average Bonchev–Trinajstić information content (AvgIpc) is 3.16. The Hall–Kier alpha value is -1.40. The minimum Gasteiger partial charge on any atom is -0.396 e. The summed E-state index contributed by atoms with van der Waals surface area (Å²) in [6, 6.07) is 1.19. The number of aryl methyl sites for hydroxylation is 1. The summed E-state index contributed by atoms with van der Waals surface area (Å²) >= 11 is 0. The fraction of sp³-hybridized carbons (Fsp3) is 0.429. The van der Waals surface area contributed by atoms with Gasteiger partial charge in [-0.1, -0.05) is 6.08 Å². The van der Waals surface area contributed by atoms with Crippen LogP contribution >= 0.6 is 0 Å². The van der Waals surface area contributed by atoms with E-state index in [1.54, 1.807) is 13.0 Å². The molecular weight excluding hydrogens is 279 g/mol. The number of nitrogen functional groups attached to an aromatic ring is 1. The lowest BCUT2D eigenvalue weighted by molar-refractivity contribution is 0.435. The van der Waals surface area contributed by atoms with Crippen LogP contribution in [0.25, 0.3) is 0 Å². The Labute approximate surface area is 119 Å². The van der Waals surface area contributed by atoms with Crippen LogP contribution in [0.3, 0.4) is 0 Å². The summed E-state index contributed by atoms with van der Waals surface area (Å²) < 4.78 is 40.6. The number of benzene rings is 1. The summed E-state index contributed by atoms with van der Waals surface area (Å²) in [7, 11) is -3.69. The Morgan fingerprint density at radius 1 is 1.50 bits per heavy atom. The lowest BCUT2D eigenvalue weighted by atomic mass is 10.1. The largest absolute Gasteiger partial charge is 0.396 e. The molecular formula is C14H19FN2O2S. The first-order valence-corrected chi connectivity index (χ1v) is 7.92. The second kappa shape index (κ2) is 5.18. The average molecular weight is 298 g/mol. The van der Waals surface area contributed by atoms with Gasteiger partial charge in [0.05, 0.1) is 10.6 Å². The van der Waals surface area contributed by atoms with Gasteiger partial charge in [-0.25, -0.2) is 12.8 Å². The molecule has 0 aromatic heterocycles. The van der Waals surface area contributed by atoms with E-state index in [-0.39, 0.29) is 28.7 Å². The summed E-state index contributed by atoms with van der Waals surface area (Å²) in [5, 5.41) is 0. The van der Waals surface area contributed by atoms with Gasteiger partial charge in [0.1, 0.15) is 5.82 Å². The molecule has 1 aliphatic carbocycles. The quantitative estimate of drug-likeness (QED) is 0.670. The van der Waals surface area contributed by atoms with E-state index in [1.807, 2.05) is 0 Å². The molecule has 4 nitrogen and oxygen atoms in total. The van der Waals surface area contributed by atoms with Gasteiger partial charge in [0, 0.05) is 12.6 Å². The number of sulfonamides is 1. The molecule has 1 aliphatic rings. The highest BCUT2D eigenvalue weighted by Crippen LogP contribution is 2.35. The van der Waals surface area contributed by atoms with E-state index in [0.29, 0.717) is 5.56 Å². The second-order valence-electron chi connectivity index (χ2n) is 5.14. The summed E-state index contributed by atoms with van der Waals surface area (Å²) in [4.78, 5) is 0.116. The van der Waals surface area contributed by atoms with Crippen LogP contribution in [-0.2, 0) is 10.0 Å². The summed E-state index contributed by atoms with van der Waals surface area (Å²) in [6.45, 7) is 6.98. The zero-order valence-electron chi connectivity index (χ0n) is 11.7. The lowest BCUT2D eigenvalue weighted by Gasteiger charge is -2.23. The SMILES string of the molecule is C=CCN(C1CC1)S(=O)(=O)c1c(C)cc(F)c(N)c1C. The molecule has 0 spiro atoms. The summed E-state index contributed by atoms with van der Waals surface area (Å²) in [5.41, 5.74) is 6.18. The molecule has 110 valence electrons. The van der Waals surface area contributed by atoms with Crippen molar-refractivity contribution >= 4 is 15.7 Å². The Morgan fingerprint density at radius 3 is 2.60 bits per heavy atom. The Morgan fingerprint density at radius 2 is 2.10 bits per heavy atom. The first kappa shape index (κ1) is 15.0. The smallest absolute Gasteiger partial charge is 0.244 e. The predicted octanol–water partition coefficient (Wildman–Crippen LogP) is 2.36. The van der Waals surface area contributed by atoms with Crippen LogP contribution < -0.4 is 5.73 Å². The molecule has 0 saturated heterocycles. The third kappa shape index (κ3) is 2.45. The van der Waals surface area contributed by atoms with Crippen molar-refractivity contribution in [3.8, 4) is 0 Å². The lowest BCUT2D eigenvalue weighted by Crippen LogP contribution is -2.34. The third-order valence-corrected chi connectivity index (χ3v) is 5.74. The van der Waals surface area contributed by atoms with Crippen LogP contribution in [0.2, 0.25) is 0 Å². The highest BCUT2D eigenvalue weighted by atomic mass is 32.2. The fourth-order valence-electron chi connectivity index (χ4n) is 2.38. The Bertz CT molecular complexity index is 652. The molecule has 0 atom stereocenters. The second-order valence-corrected chi connectivity index (χ2v) is 6.97. The molecule has 0 amide bonds. The van der Waals surface area contributed by atoms with E-state index < -0.39 is 15.8 Å². The van der Waals surface area contributed by atoms with E-state index in [2.05, 4.69) is 6.58 Å². The first-order valence-electron chi connectivity index (χ1n) is 6.48. The normalized spacial score (nSPS) is 15.6. The molecule has 6 heteroatoms. The number of hydrogen-bond donors (Lipinski definition) is 1. The number of nitrogens with two attached hydrogens (primary N) is 1. The maximum atomic E-state index is 13.6. The van der Waals surface area contributed by atoms with Crippen molar-refractivity contribution in [3.63, 3.8) is 0 Å². The number of anilines is 1. The van der Waals surface area contributed by atoms with Crippen molar-refractivity contribution in [3.05, 3.63) is 35.7 Å². The van der Waals surface area contributed by atoms with Gasteiger partial charge in [-0.05, 0) is 43.9 Å². The molecule has 0 heterocycles. The molecule has 1 saturated carbocycles. The van der Waals surface area contributed by atoms with E-state index in [4.69, 9.17) is 5.73 Å². The van der Waals surface area contributed by atoms with Crippen molar-refractivity contribution in [1.82, 2.24) is 4.31 Å². The number of hydrogen-bond acceptors (Lipinski definition) is 3. The van der Waals surface area contributed by atoms with Gasteiger partial charge >= 0.3 is 0 Å². The molecule has 2 N–H and O–H groups in total. The van der Waals surface area contributed by atoms with Crippen LogP contribution in [0.4, 0.5) is 10.1 Å². The van der Waals surface area contributed by atoms with Crippen LogP contribution in [0, 0.1) is 19.7 Å². The van der Waals surface area contributed by atoms with Crippen LogP contribution in [0.1, 0.15) is 24.0 Å². The highest BCUT2D eigenvalue weighted by Gasteiger charge is 2.39. The molecule has 20 heavy (non-hydrogen) atoms. The minimum absolute atomic E-state index is 0.0167. The predicted molar refractivity (Wildman–Crippen MR) is 77.4 cm³/mol. The summed E-state index contributed by atoms with van der Waals surface area (Å²) in [6.07, 6.45) is 3.26. The van der Waals surface area contributed by atoms with Gasteiger partial charge in [0.2, 0.25) is 10.0 Å². The van der Waals surface area contributed by atoms with Crippen molar-refractivity contribution in [2.24, 2.45) is 0 Å². The van der Waals surface area contributed by atoms with Gasteiger partial charge in [-0.3, -0.25) is 0 Å². The van der Waals surface area contributed by atoms with Crippen molar-refractivity contribution < 1.29 is 12.8 Å².